The Labute approximate surface area is 205 Å². The summed E-state index contributed by atoms with van der Waals surface area (Å²) in [5.74, 6) is 0.631. The summed E-state index contributed by atoms with van der Waals surface area (Å²) in [5.41, 5.74) is 3.34. The Morgan fingerprint density at radius 3 is 2.69 bits per heavy atom. The Hall–Kier alpha value is -2.79. The molecule has 1 aromatic heterocycles. The fourth-order valence-corrected chi connectivity index (χ4v) is 5.08. The van der Waals surface area contributed by atoms with Gasteiger partial charge in [-0.1, -0.05) is 6.07 Å². The number of nitrogens with two attached hydrogens (primary N) is 1. The van der Waals surface area contributed by atoms with E-state index < -0.39 is 10.0 Å². The van der Waals surface area contributed by atoms with Gasteiger partial charge in [-0.15, -0.1) is 0 Å². The summed E-state index contributed by atoms with van der Waals surface area (Å²) in [6.07, 6.45) is 0.537. The molecule has 4 rings (SSSR count). The van der Waals surface area contributed by atoms with Crippen LogP contribution in [-0.4, -0.2) is 57.0 Å². The molecule has 2 N–H and O–H groups in total. The van der Waals surface area contributed by atoms with Crippen LogP contribution in [0.15, 0.2) is 46.1 Å². The Bertz CT molecular complexity index is 1400. The maximum Gasteiger partial charge on any atom is 0.261 e. The first-order valence-corrected chi connectivity index (χ1v) is 13.2. The Balaban J connectivity index is 1.57. The third-order valence-electron chi connectivity index (χ3n) is 6.73. The number of morpholine rings is 1. The van der Waals surface area contributed by atoms with Crippen molar-refractivity contribution in [1.29, 1.82) is 0 Å². The van der Waals surface area contributed by atoms with Gasteiger partial charge in [0.1, 0.15) is 11.9 Å². The van der Waals surface area contributed by atoms with Gasteiger partial charge in [0.2, 0.25) is 10.0 Å². The first kappa shape index (κ1) is 25.3. The number of hydrogen-bond donors (Lipinski definition) is 1. The van der Waals surface area contributed by atoms with Crippen molar-refractivity contribution < 1.29 is 17.9 Å². The van der Waals surface area contributed by atoms with Crippen molar-refractivity contribution >= 4 is 26.6 Å². The number of nitrogens with zero attached hydrogens (tertiary/aromatic N) is 3. The molecule has 2 aromatic carbocycles. The van der Waals surface area contributed by atoms with Gasteiger partial charge in [-0.25, -0.2) is 18.5 Å². The molecule has 1 saturated heterocycles. The number of ether oxygens (including phenoxy) is 2. The molecule has 0 bridgehead atoms. The summed E-state index contributed by atoms with van der Waals surface area (Å²) < 4.78 is 36.1. The van der Waals surface area contributed by atoms with Crippen molar-refractivity contribution in [2.45, 2.75) is 50.8 Å². The van der Waals surface area contributed by atoms with Crippen LogP contribution in [0.5, 0.6) is 0 Å². The number of benzene rings is 2. The van der Waals surface area contributed by atoms with Gasteiger partial charge in [0.25, 0.3) is 5.56 Å². The number of aryl methyl sites for hydroxylation is 3. The Kier molecular flexibility index (Phi) is 7.27. The minimum atomic E-state index is -3.75. The van der Waals surface area contributed by atoms with Gasteiger partial charge in [0, 0.05) is 32.4 Å². The summed E-state index contributed by atoms with van der Waals surface area (Å²) in [6.45, 7) is 8.18. The predicted molar refractivity (Wildman–Crippen MR) is 135 cm³/mol. The van der Waals surface area contributed by atoms with Gasteiger partial charge >= 0.3 is 0 Å². The van der Waals surface area contributed by atoms with Gasteiger partial charge < -0.3 is 14.4 Å². The van der Waals surface area contributed by atoms with Crippen LogP contribution < -0.4 is 15.6 Å². The standard InChI is InChI=1S/C25H32N4O5S/c1-16-13-21(35(26,31)32)7-5-19(16)9-10-29-18(3)27-23-14-20(6-8-22(23)25(29)30)28-11-12-34-24(15-28)17(2)33-4/h5-8,13-14,17,24H,9-12,15H2,1-4H3,(H2,26,31,32)/t17-,24+/m0/s1. The molecule has 2 atom stereocenters. The maximum absolute atomic E-state index is 13.3. The lowest BCUT2D eigenvalue weighted by Gasteiger charge is -2.36. The second-order valence-corrected chi connectivity index (χ2v) is 10.6. The highest BCUT2D eigenvalue weighted by atomic mass is 32.2. The van der Waals surface area contributed by atoms with Crippen LogP contribution >= 0.6 is 0 Å². The molecule has 10 heteroatoms. The number of anilines is 1. The molecule has 1 fully saturated rings. The van der Waals surface area contributed by atoms with E-state index >= 15 is 0 Å². The van der Waals surface area contributed by atoms with Crippen LogP contribution in [0.1, 0.15) is 23.9 Å². The summed E-state index contributed by atoms with van der Waals surface area (Å²) in [6, 6.07) is 10.6. The van der Waals surface area contributed by atoms with E-state index in [2.05, 4.69) is 4.90 Å². The molecule has 0 unspecified atom stereocenters. The summed E-state index contributed by atoms with van der Waals surface area (Å²) in [4.78, 5) is 20.3. The highest BCUT2D eigenvalue weighted by Crippen LogP contribution is 2.23. The van der Waals surface area contributed by atoms with E-state index in [4.69, 9.17) is 19.6 Å². The topological polar surface area (TPSA) is 117 Å². The number of sulfonamides is 1. The second-order valence-electron chi connectivity index (χ2n) is 9.00. The van der Waals surface area contributed by atoms with Crippen LogP contribution in [0, 0.1) is 13.8 Å². The van der Waals surface area contributed by atoms with Crippen molar-refractivity contribution in [2.24, 2.45) is 5.14 Å². The lowest BCUT2D eigenvalue weighted by atomic mass is 10.1. The van der Waals surface area contributed by atoms with Gasteiger partial charge in [-0.05, 0) is 68.7 Å². The van der Waals surface area contributed by atoms with E-state index in [1.807, 2.05) is 39.0 Å². The number of aromatic nitrogens is 2. The summed E-state index contributed by atoms with van der Waals surface area (Å²) >= 11 is 0. The second kappa shape index (κ2) is 10.1. The normalized spacial score (nSPS) is 17.6. The largest absolute Gasteiger partial charge is 0.379 e. The van der Waals surface area contributed by atoms with Crippen molar-refractivity contribution in [3.05, 3.63) is 63.7 Å². The zero-order chi connectivity index (χ0) is 25.3. The smallest absolute Gasteiger partial charge is 0.261 e. The fourth-order valence-electron chi connectivity index (χ4n) is 4.48. The average molecular weight is 501 g/mol. The van der Waals surface area contributed by atoms with Crippen LogP contribution in [0.4, 0.5) is 5.69 Å². The van der Waals surface area contributed by atoms with E-state index in [0.29, 0.717) is 42.8 Å². The third-order valence-corrected chi connectivity index (χ3v) is 7.64. The summed E-state index contributed by atoms with van der Waals surface area (Å²) in [7, 11) is -2.07. The van der Waals surface area contributed by atoms with Crippen LogP contribution in [-0.2, 0) is 32.5 Å². The van der Waals surface area contributed by atoms with Crippen LogP contribution in [0.2, 0.25) is 0 Å². The lowest BCUT2D eigenvalue weighted by molar-refractivity contribution is -0.0539. The van der Waals surface area contributed by atoms with Gasteiger partial charge in [-0.2, -0.15) is 0 Å². The van der Waals surface area contributed by atoms with E-state index in [1.165, 1.54) is 6.07 Å². The molecule has 0 saturated carbocycles. The number of hydrogen-bond acceptors (Lipinski definition) is 7. The molecule has 2 heterocycles. The van der Waals surface area contributed by atoms with E-state index in [0.717, 1.165) is 23.4 Å². The molecule has 0 aliphatic carbocycles. The molecule has 1 aliphatic heterocycles. The number of primary sulfonamides is 1. The molecule has 1 aliphatic rings. The zero-order valence-electron chi connectivity index (χ0n) is 20.5. The highest BCUT2D eigenvalue weighted by molar-refractivity contribution is 7.89. The predicted octanol–water partition coefficient (Wildman–Crippen LogP) is 2.14. The van der Waals surface area contributed by atoms with Crippen molar-refractivity contribution in [3.63, 3.8) is 0 Å². The van der Waals surface area contributed by atoms with E-state index in [-0.39, 0.29) is 22.7 Å². The Morgan fingerprint density at radius 2 is 2.00 bits per heavy atom. The zero-order valence-corrected chi connectivity index (χ0v) is 21.3. The molecule has 0 amide bonds. The average Bonchev–Trinajstić information content (AvgIpc) is 2.83. The molecular weight excluding hydrogens is 468 g/mol. The molecular formula is C25H32N4O5S. The lowest BCUT2D eigenvalue weighted by Crippen LogP contribution is -2.47. The molecule has 3 aromatic rings. The molecule has 35 heavy (non-hydrogen) atoms. The van der Waals surface area contributed by atoms with Crippen LogP contribution in [0.25, 0.3) is 10.9 Å². The molecule has 9 nitrogen and oxygen atoms in total. The van der Waals surface area contributed by atoms with Crippen molar-refractivity contribution in [3.8, 4) is 0 Å². The highest BCUT2D eigenvalue weighted by Gasteiger charge is 2.26. The fraction of sp³-hybridized carbons (Fsp3) is 0.440. The molecule has 0 radical (unpaired) electrons. The van der Waals surface area contributed by atoms with Crippen LogP contribution in [0.3, 0.4) is 0 Å². The number of rotatable bonds is 7. The number of methoxy groups -OCH3 is 1. The minimum absolute atomic E-state index is 0.00891. The molecule has 188 valence electrons. The van der Waals surface area contributed by atoms with Gasteiger partial charge in [0.15, 0.2) is 0 Å². The van der Waals surface area contributed by atoms with E-state index in [9.17, 15) is 13.2 Å². The minimum Gasteiger partial charge on any atom is -0.379 e. The first-order chi connectivity index (χ1) is 16.6. The quantitative estimate of drug-likeness (QED) is 0.528. The SMILES string of the molecule is CO[C@@H](C)[C@H]1CN(c2ccc3c(=O)n(CCc4ccc(S(N)(=O)=O)cc4C)c(C)nc3c2)CCO1. The van der Waals surface area contributed by atoms with Crippen molar-refractivity contribution in [1.82, 2.24) is 9.55 Å². The number of fused-ring (bicyclic) bond motifs is 1. The maximum atomic E-state index is 13.3. The first-order valence-electron chi connectivity index (χ1n) is 11.6. The molecule has 0 spiro atoms. The van der Waals surface area contributed by atoms with E-state index in [1.54, 1.807) is 23.8 Å². The summed E-state index contributed by atoms with van der Waals surface area (Å²) in [5, 5.41) is 5.79. The van der Waals surface area contributed by atoms with Gasteiger partial charge in [0.05, 0.1) is 28.5 Å². The third kappa shape index (κ3) is 5.40. The van der Waals surface area contributed by atoms with Crippen molar-refractivity contribution in [2.75, 3.05) is 31.7 Å². The van der Waals surface area contributed by atoms with Gasteiger partial charge in [-0.3, -0.25) is 9.36 Å². The Morgan fingerprint density at radius 1 is 1.23 bits per heavy atom. The monoisotopic (exact) mass is 500 g/mol.